The fourth-order valence-electron chi connectivity index (χ4n) is 4.93. The molecule has 8 nitrogen and oxygen atoms in total. The molecule has 1 aliphatic heterocycles. The summed E-state index contributed by atoms with van der Waals surface area (Å²) in [5.74, 6) is 3.88. The summed E-state index contributed by atoms with van der Waals surface area (Å²) in [6.45, 7) is 6.76. The van der Waals surface area contributed by atoms with Gasteiger partial charge in [0.2, 0.25) is 5.91 Å². The van der Waals surface area contributed by atoms with Crippen molar-refractivity contribution >= 4 is 34.1 Å². The van der Waals surface area contributed by atoms with Crippen molar-refractivity contribution < 1.29 is 4.79 Å². The zero-order valence-corrected chi connectivity index (χ0v) is 20.3. The summed E-state index contributed by atoms with van der Waals surface area (Å²) in [5, 5.41) is 11.1. The number of carbonyl (C=O) groups is 1. The van der Waals surface area contributed by atoms with Gasteiger partial charge in [0.05, 0.1) is 6.04 Å². The molecular formula is C27H31N7O. The molecular weight excluding hydrogens is 438 g/mol. The Morgan fingerprint density at radius 3 is 2.51 bits per heavy atom. The van der Waals surface area contributed by atoms with Crippen LogP contribution >= 0.6 is 0 Å². The fourth-order valence-corrected chi connectivity index (χ4v) is 4.93. The van der Waals surface area contributed by atoms with Crippen molar-refractivity contribution in [3.63, 3.8) is 0 Å². The van der Waals surface area contributed by atoms with Gasteiger partial charge in [-0.05, 0) is 41.7 Å². The molecule has 0 unspecified atom stereocenters. The maximum atomic E-state index is 11.8. The van der Waals surface area contributed by atoms with Crippen LogP contribution in [0, 0.1) is 0 Å². The van der Waals surface area contributed by atoms with E-state index in [-0.39, 0.29) is 11.9 Å². The summed E-state index contributed by atoms with van der Waals surface area (Å²) in [5.41, 5.74) is 1.25. The van der Waals surface area contributed by atoms with E-state index < -0.39 is 0 Å². The minimum Gasteiger partial charge on any atom is -0.363 e. The van der Waals surface area contributed by atoms with Gasteiger partial charge in [-0.15, -0.1) is 5.10 Å². The molecule has 8 heteroatoms. The van der Waals surface area contributed by atoms with E-state index in [4.69, 9.17) is 15.1 Å². The molecule has 2 aliphatic rings. The summed E-state index contributed by atoms with van der Waals surface area (Å²) >= 11 is 0. The van der Waals surface area contributed by atoms with Crippen LogP contribution in [-0.2, 0) is 4.79 Å². The Bertz CT molecular complexity index is 1390. The van der Waals surface area contributed by atoms with Gasteiger partial charge in [0.1, 0.15) is 11.6 Å². The second-order valence-electron chi connectivity index (χ2n) is 9.66. The molecule has 0 bridgehead atoms. The summed E-state index contributed by atoms with van der Waals surface area (Å²) in [4.78, 5) is 25.6. The first-order valence-electron chi connectivity index (χ1n) is 12.6. The van der Waals surface area contributed by atoms with Crippen LogP contribution in [0.3, 0.4) is 0 Å². The average molecular weight is 470 g/mol. The van der Waals surface area contributed by atoms with E-state index in [2.05, 4.69) is 65.7 Å². The molecule has 1 saturated heterocycles. The van der Waals surface area contributed by atoms with Gasteiger partial charge in [-0.25, -0.2) is 0 Å². The van der Waals surface area contributed by atoms with E-state index in [0.29, 0.717) is 24.8 Å². The zero-order chi connectivity index (χ0) is 23.9. The first kappa shape index (κ1) is 21.8. The van der Waals surface area contributed by atoms with Crippen LogP contribution in [-0.4, -0.2) is 56.6 Å². The van der Waals surface area contributed by atoms with Gasteiger partial charge >= 0.3 is 0 Å². The van der Waals surface area contributed by atoms with E-state index in [1.165, 1.54) is 16.3 Å². The number of piperazine rings is 1. The SMILES string of the molecule is CC[C@@H](Nc1cc(N2CCN(C(C)=O)CC2)nc2nc(C3CC3)nn12)c1ccc2ccccc2c1. The maximum absolute atomic E-state index is 11.8. The number of anilines is 2. The number of rotatable bonds is 6. The topological polar surface area (TPSA) is 78.7 Å². The van der Waals surface area contributed by atoms with E-state index in [1.807, 2.05) is 9.42 Å². The number of hydrogen-bond donors (Lipinski definition) is 1. The fraction of sp³-hybridized carbons (Fsp3) is 0.407. The monoisotopic (exact) mass is 469 g/mol. The van der Waals surface area contributed by atoms with Gasteiger partial charge < -0.3 is 15.1 Å². The van der Waals surface area contributed by atoms with Crippen molar-refractivity contribution in [2.24, 2.45) is 0 Å². The minimum absolute atomic E-state index is 0.126. The van der Waals surface area contributed by atoms with Crippen molar-refractivity contribution in [3.05, 3.63) is 59.9 Å². The van der Waals surface area contributed by atoms with Crippen molar-refractivity contribution in [2.75, 3.05) is 36.4 Å². The lowest BCUT2D eigenvalue weighted by Crippen LogP contribution is -2.48. The molecule has 1 amide bonds. The predicted molar refractivity (Wildman–Crippen MR) is 138 cm³/mol. The lowest BCUT2D eigenvalue weighted by atomic mass is 10.0. The van der Waals surface area contributed by atoms with Crippen LogP contribution < -0.4 is 10.2 Å². The number of amides is 1. The molecule has 4 aromatic rings. The van der Waals surface area contributed by atoms with Crippen LogP contribution in [0.5, 0.6) is 0 Å². The molecule has 2 fully saturated rings. The van der Waals surface area contributed by atoms with Gasteiger partial charge in [-0.3, -0.25) is 4.79 Å². The molecule has 0 radical (unpaired) electrons. The van der Waals surface area contributed by atoms with Gasteiger partial charge in [0.25, 0.3) is 5.78 Å². The van der Waals surface area contributed by atoms with Crippen molar-refractivity contribution in [2.45, 2.75) is 45.1 Å². The van der Waals surface area contributed by atoms with Gasteiger partial charge in [-0.1, -0.05) is 43.3 Å². The smallest absolute Gasteiger partial charge is 0.256 e. The predicted octanol–water partition coefficient (Wildman–Crippen LogP) is 4.39. The highest BCUT2D eigenvalue weighted by Gasteiger charge is 2.29. The molecule has 1 N–H and O–H groups in total. The molecule has 3 heterocycles. The van der Waals surface area contributed by atoms with Crippen LogP contribution in [0.2, 0.25) is 0 Å². The maximum Gasteiger partial charge on any atom is 0.256 e. The third-order valence-corrected chi connectivity index (χ3v) is 7.21. The molecule has 0 spiro atoms. The number of benzene rings is 2. The number of hydrogen-bond acceptors (Lipinski definition) is 6. The Morgan fingerprint density at radius 2 is 1.80 bits per heavy atom. The van der Waals surface area contributed by atoms with Crippen LogP contribution in [0.4, 0.5) is 11.6 Å². The average Bonchev–Trinajstić information content (AvgIpc) is 3.65. The molecule has 1 aliphatic carbocycles. The Balaban J connectivity index is 1.35. The largest absolute Gasteiger partial charge is 0.363 e. The Kier molecular flexibility index (Phi) is 5.51. The zero-order valence-electron chi connectivity index (χ0n) is 20.3. The van der Waals surface area contributed by atoms with E-state index >= 15 is 0 Å². The Labute approximate surface area is 205 Å². The Morgan fingerprint density at radius 1 is 1.03 bits per heavy atom. The summed E-state index contributed by atoms with van der Waals surface area (Å²) in [6, 6.07) is 17.4. The highest BCUT2D eigenvalue weighted by Crippen LogP contribution is 2.38. The van der Waals surface area contributed by atoms with Crippen LogP contribution in [0.15, 0.2) is 48.5 Å². The number of fused-ring (bicyclic) bond motifs is 2. The van der Waals surface area contributed by atoms with Gasteiger partial charge in [0.15, 0.2) is 5.82 Å². The lowest BCUT2D eigenvalue weighted by Gasteiger charge is -2.35. The normalized spacial score (nSPS) is 17.2. The van der Waals surface area contributed by atoms with Crippen molar-refractivity contribution in [3.8, 4) is 0 Å². The highest BCUT2D eigenvalue weighted by atomic mass is 16.2. The summed E-state index contributed by atoms with van der Waals surface area (Å²) in [6.07, 6.45) is 3.22. The third-order valence-electron chi connectivity index (χ3n) is 7.21. The van der Waals surface area contributed by atoms with E-state index in [1.54, 1.807) is 6.92 Å². The Hall–Kier alpha value is -3.68. The quantitative estimate of drug-likeness (QED) is 0.451. The van der Waals surface area contributed by atoms with Crippen molar-refractivity contribution in [1.29, 1.82) is 0 Å². The molecule has 2 aromatic carbocycles. The molecule has 6 rings (SSSR count). The first-order chi connectivity index (χ1) is 17.1. The van der Waals surface area contributed by atoms with Crippen molar-refractivity contribution in [1.82, 2.24) is 24.5 Å². The van der Waals surface area contributed by atoms with Crippen LogP contribution in [0.25, 0.3) is 16.6 Å². The minimum atomic E-state index is 0.126. The molecule has 2 aromatic heterocycles. The summed E-state index contributed by atoms with van der Waals surface area (Å²) < 4.78 is 1.87. The van der Waals surface area contributed by atoms with Gasteiger partial charge in [-0.2, -0.15) is 14.5 Å². The van der Waals surface area contributed by atoms with E-state index in [9.17, 15) is 4.79 Å². The molecule has 1 saturated carbocycles. The highest BCUT2D eigenvalue weighted by molar-refractivity contribution is 5.83. The molecule has 35 heavy (non-hydrogen) atoms. The lowest BCUT2D eigenvalue weighted by molar-refractivity contribution is -0.129. The third kappa shape index (κ3) is 4.29. The summed E-state index contributed by atoms with van der Waals surface area (Å²) in [7, 11) is 0. The molecule has 180 valence electrons. The second-order valence-corrected chi connectivity index (χ2v) is 9.66. The second kappa shape index (κ2) is 8.83. The van der Waals surface area contributed by atoms with E-state index in [0.717, 1.165) is 49.8 Å². The van der Waals surface area contributed by atoms with Gasteiger partial charge in [0, 0.05) is 45.1 Å². The standard InChI is InChI=1S/C27H31N7O/c1-3-23(22-11-8-19-6-4-5-7-21(19)16-22)28-25-17-24(33-14-12-32(13-15-33)18(2)35)29-27-30-26(20-9-10-20)31-34(25)27/h4-8,11,16-17,20,23,28H,3,9-10,12-15H2,1-2H3/t23-/m1/s1. The number of nitrogens with one attached hydrogen (secondary N) is 1. The number of aromatic nitrogens is 4. The first-order valence-corrected chi connectivity index (χ1v) is 12.6. The number of carbonyl (C=O) groups excluding carboxylic acids is 1. The van der Waals surface area contributed by atoms with Crippen LogP contribution in [0.1, 0.15) is 56.5 Å². The molecule has 1 atom stereocenters. The number of nitrogens with zero attached hydrogens (tertiary/aromatic N) is 6.